The van der Waals surface area contributed by atoms with Gasteiger partial charge in [0.2, 0.25) is 0 Å². The normalized spacial score (nSPS) is 16.5. The molecule has 0 spiro atoms. The third kappa shape index (κ3) is 3.98. The number of hydrogen-bond donors (Lipinski definition) is 1. The number of hydrogen-bond acceptors (Lipinski definition) is 4. The highest BCUT2D eigenvalue weighted by Gasteiger charge is 2.14. The summed E-state index contributed by atoms with van der Waals surface area (Å²) in [7, 11) is 0. The van der Waals surface area contributed by atoms with E-state index in [1.165, 1.54) is 0 Å². The average molecular weight is 269 g/mol. The van der Waals surface area contributed by atoms with Gasteiger partial charge in [0.1, 0.15) is 6.61 Å². The van der Waals surface area contributed by atoms with E-state index in [4.69, 9.17) is 16.3 Å². The van der Waals surface area contributed by atoms with E-state index in [-0.39, 0.29) is 12.6 Å². The predicted octanol–water partition coefficient (Wildman–Crippen LogP) is 1.29. The zero-order chi connectivity index (χ0) is 12.8. The van der Waals surface area contributed by atoms with E-state index in [1.807, 2.05) is 18.2 Å². The van der Waals surface area contributed by atoms with Gasteiger partial charge in [0.05, 0.1) is 6.54 Å². The molecule has 0 amide bonds. The summed E-state index contributed by atoms with van der Waals surface area (Å²) in [4.78, 5) is 13.8. The molecule has 1 aromatic carbocycles. The molecule has 0 bridgehead atoms. The lowest BCUT2D eigenvalue weighted by atomic mass is 10.2. The fraction of sp³-hybridized carbons (Fsp3) is 0.462. The van der Waals surface area contributed by atoms with Crippen molar-refractivity contribution in [2.75, 3.05) is 32.7 Å². The Kier molecular flexibility index (Phi) is 4.99. The van der Waals surface area contributed by atoms with E-state index < -0.39 is 0 Å². The van der Waals surface area contributed by atoms with Crippen LogP contribution in [0.3, 0.4) is 0 Å². The van der Waals surface area contributed by atoms with Crippen molar-refractivity contribution >= 4 is 17.6 Å². The molecule has 98 valence electrons. The van der Waals surface area contributed by atoms with Gasteiger partial charge in [-0.2, -0.15) is 0 Å². The fourth-order valence-electron chi connectivity index (χ4n) is 1.87. The van der Waals surface area contributed by atoms with Crippen LogP contribution in [0.15, 0.2) is 24.3 Å². The standard InChI is InChI=1S/C13H17ClN2O2/c14-12-4-2-1-3-11(12)10-18-13(17)9-16-7-5-15-6-8-16/h1-4,15H,5-10H2. The van der Waals surface area contributed by atoms with Crippen molar-refractivity contribution in [1.29, 1.82) is 0 Å². The summed E-state index contributed by atoms with van der Waals surface area (Å²) in [6.07, 6.45) is 0. The van der Waals surface area contributed by atoms with Gasteiger partial charge in [-0.3, -0.25) is 9.69 Å². The maximum Gasteiger partial charge on any atom is 0.320 e. The molecule has 1 N–H and O–H groups in total. The summed E-state index contributed by atoms with van der Waals surface area (Å²) in [5.41, 5.74) is 0.841. The zero-order valence-corrected chi connectivity index (χ0v) is 10.9. The minimum absolute atomic E-state index is 0.197. The van der Waals surface area contributed by atoms with E-state index in [0.717, 1.165) is 31.7 Å². The molecular formula is C13H17ClN2O2. The molecule has 0 radical (unpaired) electrons. The van der Waals surface area contributed by atoms with Crippen molar-refractivity contribution in [3.63, 3.8) is 0 Å². The quantitative estimate of drug-likeness (QED) is 0.836. The number of piperazine rings is 1. The van der Waals surface area contributed by atoms with Crippen LogP contribution in [0.2, 0.25) is 5.02 Å². The third-order valence-electron chi connectivity index (χ3n) is 2.91. The summed E-state index contributed by atoms with van der Waals surface area (Å²) in [5.74, 6) is -0.197. The molecule has 1 aliphatic heterocycles. The van der Waals surface area contributed by atoms with Crippen molar-refractivity contribution in [2.24, 2.45) is 0 Å². The number of halogens is 1. The Morgan fingerprint density at radius 2 is 2.06 bits per heavy atom. The smallest absolute Gasteiger partial charge is 0.320 e. The summed E-state index contributed by atoms with van der Waals surface area (Å²) < 4.78 is 5.23. The summed E-state index contributed by atoms with van der Waals surface area (Å²) in [5, 5.41) is 3.87. The molecule has 4 nitrogen and oxygen atoms in total. The Hall–Kier alpha value is -1.10. The lowest BCUT2D eigenvalue weighted by Gasteiger charge is -2.26. The second-order valence-corrected chi connectivity index (χ2v) is 4.69. The monoisotopic (exact) mass is 268 g/mol. The molecule has 1 heterocycles. The Morgan fingerprint density at radius 3 is 2.78 bits per heavy atom. The van der Waals surface area contributed by atoms with Gasteiger partial charge in [-0.1, -0.05) is 29.8 Å². The van der Waals surface area contributed by atoms with Crippen molar-refractivity contribution in [3.05, 3.63) is 34.9 Å². The van der Waals surface area contributed by atoms with Crippen molar-refractivity contribution < 1.29 is 9.53 Å². The summed E-state index contributed by atoms with van der Waals surface area (Å²) in [6, 6.07) is 7.39. The van der Waals surface area contributed by atoms with Gasteiger partial charge in [-0.05, 0) is 6.07 Å². The minimum Gasteiger partial charge on any atom is -0.460 e. The highest BCUT2D eigenvalue weighted by molar-refractivity contribution is 6.31. The number of ether oxygens (including phenoxy) is 1. The first-order chi connectivity index (χ1) is 8.75. The van der Waals surface area contributed by atoms with Crippen LogP contribution in [-0.2, 0) is 16.1 Å². The van der Waals surface area contributed by atoms with Crippen LogP contribution in [0.1, 0.15) is 5.56 Å². The Balaban J connectivity index is 1.76. The average Bonchev–Trinajstić information content (AvgIpc) is 2.39. The Morgan fingerprint density at radius 1 is 1.33 bits per heavy atom. The molecule has 0 saturated carbocycles. The van der Waals surface area contributed by atoms with Crippen molar-refractivity contribution in [1.82, 2.24) is 10.2 Å². The predicted molar refractivity (Wildman–Crippen MR) is 70.6 cm³/mol. The number of carbonyl (C=O) groups is 1. The van der Waals surface area contributed by atoms with Gasteiger partial charge in [-0.15, -0.1) is 0 Å². The molecule has 1 aliphatic rings. The first-order valence-electron chi connectivity index (χ1n) is 6.08. The van der Waals surface area contributed by atoms with E-state index in [2.05, 4.69) is 10.2 Å². The third-order valence-corrected chi connectivity index (χ3v) is 3.28. The lowest BCUT2D eigenvalue weighted by Crippen LogP contribution is -2.45. The van der Waals surface area contributed by atoms with Gasteiger partial charge in [0.15, 0.2) is 0 Å². The molecule has 1 aromatic rings. The Labute approximate surface area is 112 Å². The highest BCUT2D eigenvalue weighted by atomic mass is 35.5. The number of nitrogens with zero attached hydrogens (tertiary/aromatic N) is 1. The number of rotatable bonds is 4. The molecule has 0 atom stereocenters. The van der Waals surface area contributed by atoms with Crippen LogP contribution >= 0.6 is 11.6 Å². The zero-order valence-electron chi connectivity index (χ0n) is 10.2. The maximum absolute atomic E-state index is 11.7. The van der Waals surface area contributed by atoms with E-state index >= 15 is 0 Å². The fourth-order valence-corrected chi connectivity index (χ4v) is 2.06. The summed E-state index contributed by atoms with van der Waals surface area (Å²) in [6.45, 7) is 4.23. The summed E-state index contributed by atoms with van der Waals surface area (Å²) >= 11 is 5.99. The number of nitrogens with one attached hydrogen (secondary N) is 1. The largest absolute Gasteiger partial charge is 0.460 e. The molecule has 1 saturated heterocycles. The molecule has 2 rings (SSSR count). The highest BCUT2D eigenvalue weighted by Crippen LogP contribution is 2.15. The number of carbonyl (C=O) groups excluding carboxylic acids is 1. The number of esters is 1. The van der Waals surface area contributed by atoms with Gasteiger partial charge in [0.25, 0.3) is 0 Å². The lowest BCUT2D eigenvalue weighted by molar-refractivity contribution is -0.146. The van der Waals surface area contributed by atoms with Crippen molar-refractivity contribution in [2.45, 2.75) is 6.61 Å². The topological polar surface area (TPSA) is 41.6 Å². The van der Waals surface area contributed by atoms with Gasteiger partial charge < -0.3 is 10.1 Å². The van der Waals surface area contributed by atoms with E-state index in [0.29, 0.717) is 11.6 Å². The van der Waals surface area contributed by atoms with Crippen LogP contribution in [0.25, 0.3) is 0 Å². The van der Waals surface area contributed by atoms with Crippen LogP contribution in [0, 0.1) is 0 Å². The second-order valence-electron chi connectivity index (χ2n) is 4.28. The molecule has 0 aromatic heterocycles. The number of benzene rings is 1. The molecule has 1 fully saturated rings. The van der Waals surface area contributed by atoms with Gasteiger partial charge >= 0.3 is 5.97 Å². The second kappa shape index (κ2) is 6.73. The first-order valence-corrected chi connectivity index (χ1v) is 6.45. The molecule has 0 aliphatic carbocycles. The SMILES string of the molecule is O=C(CN1CCNCC1)OCc1ccccc1Cl. The molecular weight excluding hydrogens is 252 g/mol. The van der Waals surface area contributed by atoms with E-state index in [1.54, 1.807) is 6.07 Å². The maximum atomic E-state index is 11.7. The molecule has 0 unspecified atom stereocenters. The van der Waals surface area contributed by atoms with Gasteiger partial charge in [-0.25, -0.2) is 0 Å². The molecule has 5 heteroatoms. The van der Waals surface area contributed by atoms with Crippen LogP contribution < -0.4 is 5.32 Å². The van der Waals surface area contributed by atoms with Crippen molar-refractivity contribution in [3.8, 4) is 0 Å². The first kappa shape index (κ1) is 13.3. The molecule has 18 heavy (non-hydrogen) atoms. The van der Waals surface area contributed by atoms with E-state index in [9.17, 15) is 4.79 Å². The van der Waals surface area contributed by atoms with Crippen LogP contribution in [0.4, 0.5) is 0 Å². The minimum atomic E-state index is -0.197. The Bertz CT molecular complexity index is 406. The van der Waals surface area contributed by atoms with Gasteiger partial charge in [0, 0.05) is 36.8 Å². The van der Waals surface area contributed by atoms with Crippen LogP contribution in [0.5, 0.6) is 0 Å². The van der Waals surface area contributed by atoms with Crippen LogP contribution in [-0.4, -0.2) is 43.6 Å².